The molecule has 3 N–H and O–H groups in total. The van der Waals surface area contributed by atoms with Gasteiger partial charge in [0.2, 0.25) is 10.0 Å². The number of halogens is 1. The molecule has 0 aliphatic carbocycles. The van der Waals surface area contributed by atoms with Gasteiger partial charge in [-0.1, -0.05) is 60.1 Å². The average Bonchev–Trinajstić information content (AvgIpc) is 2.62. The fraction of sp³-hybridized carbons (Fsp3) is 0.400. The van der Waals surface area contributed by atoms with Crippen molar-refractivity contribution in [2.45, 2.75) is 37.3 Å². The van der Waals surface area contributed by atoms with Crippen LogP contribution in [-0.2, 0) is 16.4 Å². The maximum Gasteiger partial charge on any atom is 0.243 e. The molecule has 0 fully saturated rings. The van der Waals surface area contributed by atoms with Gasteiger partial charge in [0, 0.05) is 23.6 Å². The molecule has 7 heteroatoms. The molecule has 0 saturated carbocycles. The highest BCUT2D eigenvalue weighted by Crippen LogP contribution is 2.21. The summed E-state index contributed by atoms with van der Waals surface area (Å²) < 4.78 is 28.2. The summed E-state index contributed by atoms with van der Waals surface area (Å²) in [6.07, 6.45) is -0.482. The lowest BCUT2D eigenvalue weighted by Crippen LogP contribution is -2.47. The molecule has 0 aliphatic heterocycles. The van der Waals surface area contributed by atoms with E-state index in [0.717, 1.165) is 10.0 Å². The highest BCUT2D eigenvalue weighted by atomic mass is 79.9. The lowest BCUT2D eigenvalue weighted by Gasteiger charge is -2.28. The van der Waals surface area contributed by atoms with Crippen LogP contribution >= 0.6 is 15.9 Å². The van der Waals surface area contributed by atoms with Gasteiger partial charge in [-0.25, -0.2) is 8.42 Å². The van der Waals surface area contributed by atoms with Crippen molar-refractivity contribution < 1.29 is 13.5 Å². The van der Waals surface area contributed by atoms with Gasteiger partial charge in [-0.15, -0.1) is 0 Å². The Hall–Kier alpha value is -1.25. The molecule has 2 aromatic carbocycles. The fourth-order valence-electron chi connectivity index (χ4n) is 2.80. The first-order chi connectivity index (χ1) is 12.7. The van der Waals surface area contributed by atoms with Crippen molar-refractivity contribution in [2.75, 3.05) is 13.1 Å². The van der Waals surface area contributed by atoms with Gasteiger partial charge in [-0.3, -0.25) is 0 Å². The minimum absolute atomic E-state index is 0.0371. The van der Waals surface area contributed by atoms with Crippen LogP contribution in [0.4, 0.5) is 0 Å². The molecular weight excluding hydrogens is 428 g/mol. The Morgan fingerprint density at radius 2 is 1.63 bits per heavy atom. The Morgan fingerprint density at radius 3 is 2.19 bits per heavy atom. The van der Waals surface area contributed by atoms with E-state index in [9.17, 15) is 13.5 Å². The third-order valence-electron chi connectivity index (χ3n) is 4.22. The minimum Gasteiger partial charge on any atom is -0.390 e. The third kappa shape index (κ3) is 6.40. The maximum absolute atomic E-state index is 13.1. The predicted octanol–water partition coefficient (Wildman–Crippen LogP) is 3.03. The van der Waals surface area contributed by atoms with Crippen LogP contribution in [0.25, 0.3) is 0 Å². The first-order valence-electron chi connectivity index (χ1n) is 8.93. The van der Waals surface area contributed by atoms with E-state index in [4.69, 9.17) is 5.73 Å². The third-order valence-corrected chi connectivity index (χ3v) is 6.59. The quantitative estimate of drug-likeness (QED) is 0.609. The van der Waals surface area contributed by atoms with Crippen molar-refractivity contribution in [1.29, 1.82) is 0 Å². The second-order valence-electron chi connectivity index (χ2n) is 7.09. The molecule has 0 spiro atoms. The normalized spacial score (nSPS) is 14.5. The highest BCUT2D eigenvalue weighted by Gasteiger charge is 2.29. The number of nitrogens with two attached hydrogens (primary N) is 1. The van der Waals surface area contributed by atoms with E-state index in [2.05, 4.69) is 15.9 Å². The van der Waals surface area contributed by atoms with Crippen molar-refractivity contribution in [1.82, 2.24) is 4.31 Å². The number of sulfonamides is 1. The maximum atomic E-state index is 13.1. The van der Waals surface area contributed by atoms with E-state index < -0.39 is 22.2 Å². The van der Waals surface area contributed by atoms with Crippen LogP contribution in [0.15, 0.2) is 64.0 Å². The fourth-order valence-corrected chi connectivity index (χ4v) is 4.69. The first-order valence-corrected chi connectivity index (χ1v) is 11.2. The summed E-state index contributed by atoms with van der Waals surface area (Å²) in [5.41, 5.74) is 7.16. The molecule has 0 aromatic heterocycles. The zero-order valence-electron chi connectivity index (χ0n) is 15.6. The first kappa shape index (κ1) is 22.0. The van der Waals surface area contributed by atoms with E-state index in [-0.39, 0.29) is 17.4 Å². The molecule has 0 aliphatic rings. The molecule has 2 aromatic rings. The largest absolute Gasteiger partial charge is 0.390 e. The molecule has 0 radical (unpaired) electrons. The predicted molar refractivity (Wildman–Crippen MR) is 112 cm³/mol. The number of rotatable bonds is 9. The van der Waals surface area contributed by atoms with Gasteiger partial charge in [-0.05, 0) is 42.2 Å². The van der Waals surface area contributed by atoms with E-state index in [0.29, 0.717) is 13.0 Å². The number of hydrogen-bond acceptors (Lipinski definition) is 4. The molecule has 0 bridgehead atoms. The monoisotopic (exact) mass is 454 g/mol. The summed E-state index contributed by atoms with van der Waals surface area (Å²) in [5.74, 6) is 0.118. The van der Waals surface area contributed by atoms with Crippen molar-refractivity contribution in [3.8, 4) is 0 Å². The van der Waals surface area contributed by atoms with E-state index in [1.165, 1.54) is 4.31 Å². The molecule has 0 heterocycles. The molecule has 2 atom stereocenters. The lowest BCUT2D eigenvalue weighted by atomic mass is 10.0. The lowest BCUT2D eigenvalue weighted by molar-refractivity contribution is 0.116. The number of hydrogen-bond donors (Lipinski definition) is 2. The van der Waals surface area contributed by atoms with Crippen molar-refractivity contribution in [2.24, 2.45) is 11.7 Å². The molecule has 0 amide bonds. The van der Waals surface area contributed by atoms with Crippen LogP contribution < -0.4 is 5.73 Å². The second-order valence-corrected chi connectivity index (χ2v) is 9.94. The Balaban J connectivity index is 2.16. The van der Waals surface area contributed by atoms with E-state index in [1.807, 2.05) is 44.2 Å². The van der Waals surface area contributed by atoms with Gasteiger partial charge in [-0.2, -0.15) is 4.31 Å². The topological polar surface area (TPSA) is 83.6 Å². The molecule has 27 heavy (non-hydrogen) atoms. The Bertz CT molecular complexity index is 811. The average molecular weight is 455 g/mol. The molecule has 5 nitrogen and oxygen atoms in total. The second kappa shape index (κ2) is 9.80. The molecule has 2 rings (SSSR count). The van der Waals surface area contributed by atoms with E-state index in [1.54, 1.807) is 24.3 Å². The summed E-state index contributed by atoms with van der Waals surface area (Å²) in [5, 5.41) is 10.6. The van der Waals surface area contributed by atoms with Crippen LogP contribution in [0.3, 0.4) is 0 Å². The number of aliphatic hydroxyl groups is 1. The summed E-state index contributed by atoms with van der Waals surface area (Å²) in [6.45, 7) is 4.17. The number of nitrogens with zero attached hydrogens (tertiary/aromatic N) is 1. The number of aliphatic hydroxyl groups excluding tert-OH is 1. The van der Waals surface area contributed by atoms with Crippen LogP contribution in [0.5, 0.6) is 0 Å². The minimum atomic E-state index is -3.72. The Kier molecular flexibility index (Phi) is 8.00. The van der Waals surface area contributed by atoms with Crippen LogP contribution in [0.2, 0.25) is 0 Å². The van der Waals surface area contributed by atoms with Crippen molar-refractivity contribution in [3.63, 3.8) is 0 Å². The summed E-state index contributed by atoms with van der Waals surface area (Å²) in [7, 11) is -3.72. The summed E-state index contributed by atoms with van der Waals surface area (Å²) in [4.78, 5) is 0.204. The summed E-state index contributed by atoms with van der Waals surface area (Å²) >= 11 is 3.32. The van der Waals surface area contributed by atoms with E-state index >= 15 is 0 Å². The van der Waals surface area contributed by atoms with Gasteiger partial charge >= 0.3 is 0 Å². The molecule has 0 saturated heterocycles. The van der Waals surface area contributed by atoms with Gasteiger partial charge in [0.25, 0.3) is 0 Å². The highest BCUT2D eigenvalue weighted by molar-refractivity contribution is 9.10. The SMILES string of the molecule is CC(C)CN(CC(O)C(N)Cc1ccccc1)S(=O)(=O)c1ccc(Br)cc1. The van der Waals surface area contributed by atoms with Crippen molar-refractivity contribution in [3.05, 3.63) is 64.6 Å². The Morgan fingerprint density at radius 1 is 1.04 bits per heavy atom. The molecular formula is C20H27BrN2O3S. The van der Waals surface area contributed by atoms with Crippen molar-refractivity contribution >= 4 is 26.0 Å². The van der Waals surface area contributed by atoms with Gasteiger partial charge in [0.1, 0.15) is 0 Å². The molecule has 148 valence electrons. The van der Waals surface area contributed by atoms with Gasteiger partial charge in [0.05, 0.1) is 11.0 Å². The zero-order valence-corrected chi connectivity index (χ0v) is 18.0. The zero-order chi connectivity index (χ0) is 20.0. The van der Waals surface area contributed by atoms with Crippen LogP contribution in [-0.4, -0.2) is 43.1 Å². The van der Waals surface area contributed by atoms with Crippen LogP contribution in [0, 0.1) is 5.92 Å². The number of benzene rings is 2. The smallest absolute Gasteiger partial charge is 0.243 e. The Labute approximate surface area is 170 Å². The van der Waals surface area contributed by atoms with Gasteiger partial charge in [0.15, 0.2) is 0 Å². The van der Waals surface area contributed by atoms with Gasteiger partial charge < -0.3 is 10.8 Å². The molecule has 2 unspecified atom stereocenters. The van der Waals surface area contributed by atoms with Crippen LogP contribution in [0.1, 0.15) is 19.4 Å². The summed E-state index contributed by atoms with van der Waals surface area (Å²) in [6, 6.07) is 15.6. The standard InChI is InChI=1S/C20H27BrN2O3S/c1-15(2)13-23(27(25,26)18-10-8-17(21)9-11-18)14-20(24)19(22)12-16-6-4-3-5-7-16/h3-11,15,19-20,24H,12-14,22H2,1-2H3.